The van der Waals surface area contributed by atoms with Gasteiger partial charge in [-0.05, 0) is 71.1 Å². The normalized spacial score (nSPS) is 15.1. The number of amides is 2. The van der Waals surface area contributed by atoms with Gasteiger partial charge < -0.3 is 30.6 Å². The van der Waals surface area contributed by atoms with E-state index in [1.807, 2.05) is 37.3 Å². The first-order chi connectivity index (χ1) is 22.1. The number of nitrogens with two attached hydrogens (primary N) is 1. The average Bonchev–Trinajstić information content (AvgIpc) is 3.49. The molecule has 0 spiro atoms. The van der Waals surface area contributed by atoms with Crippen LogP contribution in [-0.2, 0) is 40.5 Å². The fraction of sp³-hybridized carbons (Fsp3) is 0.500. The second-order valence-electron chi connectivity index (χ2n) is 11.9. The first-order valence-corrected chi connectivity index (χ1v) is 16.7. The number of nitrogens with one attached hydrogen (secondary N) is 3. The average molecular weight is 678 g/mol. The van der Waals surface area contributed by atoms with E-state index >= 15 is 0 Å². The van der Waals surface area contributed by atoms with Crippen molar-refractivity contribution < 1.29 is 41.6 Å². The first-order valence-electron chi connectivity index (χ1n) is 15.3. The summed E-state index contributed by atoms with van der Waals surface area (Å²) in [5, 5.41) is 12.7. The molecule has 1 fully saturated rings. The van der Waals surface area contributed by atoms with Crippen LogP contribution in [0.1, 0.15) is 57.6 Å². The Morgan fingerprint density at radius 3 is 2.34 bits per heavy atom. The smallest absolute Gasteiger partial charge is 0.410 e. The van der Waals surface area contributed by atoms with Gasteiger partial charge in [-0.15, -0.1) is 0 Å². The third kappa shape index (κ3) is 15.3. The summed E-state index contributed by atoms with van der Waals surface area (Å²) in [5.41, 5.74) is 6.59. The Kier molecular flexibility index (Phi) is 15.6. The number of rotatable bonds is 13. The highest BCUT2D eigenvalue weighted by molar-refractivity contribution is 7.85. The van der Waals surface area contributed by atoms with Crippen LogP contribution in [0.3, 0.4) is 0 Å². The van der Waals surface area contributed by atoms with Crippen molar-refractivity contribution in [2.75, 3.05) is 26.3 Å². The molecule has 2 amide bonds. The van der Waals surface area contributed by atoms with E-state index < -0.39 is 45.8 Å². The van der Waals surface area contributed by atoms with Crippen LogP contribution in [0.5, 0.6) is 0 Å². The summed E-state index contributed by atoms with van der Waals surface area (Å²) in [7, 11) is -4.02. The highest BCUT2D eigenvalue weighted by atomic mass is 32.2. The molecule has 14 nitrogen and oxygen atoms in total. The standard InChI is InChI=1S/C25H39N5O6.C7H8O3S/c1-25(2,3)36-24(33)30-14-8-12-20(30)21(31)29-19(11-7-13-28-23(26)27)22(32)35-16-15-34-17-18-9-5-4-6-10-18;1-6-2-4-7(5-3-6)11(8,9)10/h4-6,9-10,19-20H,7-8,11-17H2,1-3H3,(H,29,31)(H4,26,27,28);2-5H,1H3,(H,8,9,10)/t19-,20-;/m0./s1. The van der Waals surface area contributed by atoms with Gasteiger partial charge in [0.15, 0.2) is 5.96 Å². The molecule has 0 radical (unpaired) electrons. The number of nitrogens with zero attached hydrogens (tertiary/aromatic N) is 1. The van der Waals surface area contributed by atoms with Gasteiger partial charge in [0.05, 0.1) is 18.1 Å². The maximum absolute atomic E-state index is 13.1. The zero-order valence-electron chi connectivity index (χ0n) is 27.4. The number of benzene rings is 2. The van der Waals surface area contributed by atoms with Gasteiger partial charge in [-0.3, -0.25) is 19.7 Å². The van der Waals surface area contributed by atoms with Crippen LogP contribution in [0.2, 0.25) is 0 Å². The molecule has 0 bridgehead atoms. The SMILES string of the molecule is CC(C)(C)OC(=O)N1CCC[C@H]1C(=O)N[C@@H](CCCNC(=N)N)C(=O)OCCOCc1ccccc1.Cc1ccc(S(=O)(=O)O)cc1. The van der Waals surface area contributed by atoms with Crippen molar-refractivity contribution in [3.8, 4) is 0 Å². The van der Waals surface area contributed by atoms with Gasteiger partial charge in [0.25, 0.3) is 10.1 Å². The lowest BCUT2D eigenvalue weighted by Crippen LogP contribution is -2.52. The van der Waals surface area contributed by atoms with E-state index in [-0.39, 0.29) is 30.5 Å². The highest BCUT2D eigenvalue weighted by Crippen LogP contribution is 2.21. The Bertz CT molecular complexity index is 1410. The number of hydrogen-bond donors (Lipinski definition) is 5. The number of likely N-dealkylation sites (tertiary alicyclic amines) is 1. The Morgan fingerprint density at radius 1 is 1.09 bits per heavy atom. The Balaban J connectivity index is 0.000000587. The second-order valence-corrected chi connectivity index (χ2v) is 13.3. The van der Waals surface area contributed by atoms with Crippen molar-refractivity contribution in [2.24, 2.45) is 5.73 Å². The largest absolute Gasteiger partial charge is 0.462 e. The molecule has 1 heterocycles. The molecule has 1 aliphatic heterocycles. The monoisotopic (exact) mass is 677 g/mol. The zero-order chi connectivity index (χ0) is 35.0. The summed E-state index contributed by atoms with van der Waals surface area (Å²) in [4.78, 5) is 39.7. The lowest BCUT2D eigenvalue weighted by atomic mass is 10.1. The summed E-state index contributed by atoms with van der Waals surface area (Å²) in [6.07, 6.45) is 1.32. The Hall–Kier alpha value is -4.21. The number of carbonyl (C=O) groups is 3. The van der Waals surface area contributed by atoms with E-state index in [0.29, 0.717) is 39.0 Å². The fourth-order valence-electron chi connectivity index (χ4n) is 4.40. The van der Waals surface area contributed by atoms with Crippen molar-refractivity contribution in [3.63, 3.8) is 0 Å². The van der Waals surface area contributed by atoms with E-state index in [9.17, 15) is 22.8 Å². The molecular formula is C32H47N5O9S. The van der Waals surface area contributed by atoms with Gasteiger partial charge in [-0.1, -0.05) is 48.0 Å². The number of ether oxygens (including phenoxy) is 3. The van der Waals surface area contributed by atoms with E-state index in [1.54, 1.807) is 32.9 Å². The fourth-order valence-corrected chi connectivity index (χ4v) is 4.88. The molecule has 3 rings (SSSR count). The number of guanidine groups is 1. The van der Waals surface area contributed by atoms with Crippen molar-refractivity contribution in [1.29, 1.82) is 5.41 Å². The molecule has 2 aromatic carbocycles. The summed E-state index contributed by atoms with van der Waals surface area (Å²) in [6, 6.07) is 14.0. The van der Waals surface area contributed by atoms with Crippen LogP contribution in [0.4, 0.5) is 4.79 Å². The van der Waals surface area contributed by atoms with Gasteiger partial charge in [0.1, 0.15) is 24.3 Å². The number of carbonyl (C=O) groups excluding carboxylic acids is 3. The molecule has 1 aliphatic rings. The maximum atomic E-state index is 13.1. The second kappa shape index (κ2) is 18.8. The molecule has 47 heavy (non-hydrogen) atoms. The molecule has 6 N–H and O–H groups in total. The number of aryl methyl sites for hydroxylation is 1. The maximum Gasteiger partial charge on any atom is 0.410 e. The molecular weight excluding hydrogens is 630 g/mol. The van der Waals surface area contributed by atoms with E-state index in [0.717, 1.165) is 11.1 Å². The first kappa shape index (κ1) is 39.0. The van der Waals surface area contributed by atoms with Crippen LogP contribution in [0.25, 0.3) is 0 Å². The summed E-state index contributed by atoms with van der Waals surface area (Å²) in [6.45, 7) is 8.55. The molecule has 15 heteroatoms. The van der Waals surface area contributed by atoms with Crippen LogP contribution in [-0.4, -0.2) is 85.8 Å². The topological polar surface area (TPSA) is 210 Å². The molecule has 260 valence electrons. The van der Waals surface area contributed by atoms with Crippen molar-refractivity contribution in [2.45, 2.75) is 82.6 Å². The minimum Gasteiger partial charge on any atom is -0.462 e. The molecule has 2 aromatic rings. The van der Waals surface area contributed by atoms with Crippen LogP contribution in [0.15, 0.2) is 59.5 Å². The van der Waals surface area contributed by atoms with Gasteiger partial charge in [0.2, 0.25) is 5.91 Å². The summed E-state index contributed by atoms with van der Waals surface area (Å²) >= 11 is 0. The van der Waals surface area contributed by atoms with Crippen LogP contribution < -0.4 is 16.4 Å². The summed E-state index contributed by atoms with van der Waals surface area (Å²) < 4.78 is 45.9. The predicted octanol–water partition coefficient (Wildman–Crippen LogP) is 3.14. The third-order valence-corrected chi connectivity index (χ3v) is 7.54. The molecule has 0 aromatic heterocycles. The highest BCUT2D eigenvalue weighted by Gasteiger charge is 2.38. The van der Waals surface area contributed by atoms with E-state index in [4.69, 9.17) is 29.9 Å². The van der Waals surface area contributed by atoms with Gasteiger partial charge >= 0.3 is 12.1 Å². The molecule has 2 atom stereocenters. The minimum absolute atomic E-state index is 0.0389. The lowest BCUT2D eigenvalue weighted by Gasteiger charge is -2.29. The van der Waals surface area contributed by atoms with Crippen LogP contribution >= 0.6 is 0 Å². The van der Waals surface area contributed by atoms with E-state index in [2.05, 4.69) is 10.6 Å². The number of hydrogen-bond acceptors (Lipinski definition) is 9. The van der Waals surface area contributed by atoms with Crippen molar-refractivity contribution in [1.82, 2.24) is 15.5 Å². The van der Waals surface area contributed by atoms with Crippen molar-refractivity contribution in [3.05, 3.63) is 65.7 Å². The van der Waals surface area contributed by atoms with Crippen LogP contribution in [0, 0.1) is 12.3 Å². The summed E-state index contributed by atoms with van der Waals surface area (Å²) in [5.74, 6) is -1.19. The molecule has 0 unspecified atom stereocenters. The molecule has 0 saturated carbocycles. The lowest BCUT2D eigenvalue weighted by molar-refractivity contribution is -0.150. The predicted molar refractivity (Wildman–Crippen MR) is 175 cm³/mol. The minimum atomic E-state index is -4.02. The van der Waals surface area contributed by atoms with Gasteiger partial charge in [0, 0.05) is 13.1 Å². The Labute approximate surface area is 276 Å². The third-order valence-electron chi connectivity index (χ3n) is 6.67. The Morgan fingerprint density at radius 2 is 1.74 bits per heavy atom. The molecule has 1 saturated heterocycles. The zero-order valence-corrected chi connectivity index (χ0v) is 28.2. The van der Waals surface area contributed by atoms with Gasteiger partial charge in [-0.2, -0.15) is 8.42 Å². The molecule has 0 aliphatic carbocycles. The number of esters is 1. The quantitative estimate of drug-likeness (QED) is 0.0683. The van der Waals surface area contributed by atoms with Crippen molar-refractivity contribution >= 4 is 34.0 Å². The van der Waals surface area contributed by atoms with E-state index in [1.165, 1.54) is 17.0 Å². The van der Waals surface area contributed by atoms with Gasteiger partial charge in [-0.25, -0.2) is 9.59 Å².